The molecule has 25 heavy (non-hydrogen) atoms. The SMILES string of the molecule is C=C(N)c1ncn(CCCCOC(=O)N2CCC(F)CC2)c1/N=C\C. The van der Waals surface area contributed by atoms with E-state index < -0.39 is 6.17 Å². The highest BCUT2D eigenvalue weighted by atomic mass is 19.1. The van der Waals surface area contributed by atoms with Crippen LogP contribution in [0.1, 0.15) is 38.3 Å². The van der Waals surface area contributed by atoms with E-state index in [0.29, 0.717) is 56.3 Å². The Morgan fingerprint density at radius 3 is 2.88 bits per heavy atom. The van der Waals surface area contributed by atoms with Gasteiger partial charge in [0.15, 0.2) is 5.82 Å². The highest BCUT2D eigenvalue weighted by molar-refractivity contribution is 5.70. The first-order chi connectivity index (χ1) is 12.0. The van der Waals surface area contributed by atoms with Gasteiger partial charge in [-0.25, -0.2) is 19.2 Å². The summed E-state index contributed by atoms with van der Waals surface area (Å²) in [7, 11) is 0. The number of piperidine rings is 1. The molecule has 0 spiro atoms. The van der Waals surface area contributed by atoms with E-state index in [4.69, 9.17) is 10.5 Å². The smallest absolute Gasteiger partial charge is 0.409 e. The van der Waals surface area contributed by atoms with Crippen molar-refractivity contribution in [2.45, 2.75) is 45.3 Å². The summed E-state index contributed by atoms with van der Waals surface area (Å²) in [6.07, 6.45) is 4.53. The second-order valence-electron chi connectivity index (χ2n) is 6.01. The minimum Gasteiger partial charge on any atom is -0.449 e. The van der Waals surface area contributed by atoms with Gasteiger partial charge in [-0.05, 0) is 32.6 Å². The summed E-state index contributed by atoms with van der Waals surface area (Å²) >= 11 is 0. The summed E-state index contributed by atoms with van der Waals surface area (Å²) in [6.45, 7) is 7.42. The Kier molecular flexibility index (Phi) is 6.97. The van der Waals surface area contributed by atoms with Gasteiger partial charge >= 0.3 is 6.09 Å². The Labute approximate surface area is 147 Å². The van der Waals surface area contributed by atoms with Crippen molar-refractivity contribution in [2.24, 2.45) is 10.7 Å². The number of rotatable bonds is 7. The van der Waals surface area contributed by atoms with Crippen LogP contribution in [0, 0.1) is 0 Å². The number of aromatic nitrogens is 2. The Morgan fingerprint density at radius 1 is 1.52 bits per heavy atom. The fourth-order valence-electron chi connectivity index (χ4n) is 2.69. The Bertz CT molecular complexity index is 621. The van der Waals surface area contributed by atoms with Crippen LogP contribution in [0.2, 0.25) is 0 Å². The van der Waals surface area contributed by atoms with Crippen molar-refractivity contribution in [3.63, 3.8) is 0 Å². The monoisotopic (exact) mass is 351 g/mol. The molecule has 2 N–H and O–H groups in total. The standard InChI is InChI=1S/C17H26FN5O2/c1-3-20-16-15(13(2)19)21-12-23(16)8-4-5-11-25-17(24)22-9-6-14(18)7-10-22/h3,12,14H,2,4-11,19H2,1H3/b20-3-. The first-order valence-corrected chi connectivity index (χ1v) is 8.57. The van der Waals surface area contributed by atoms with Gasteiger partial charge in [0, 0.05) is 25.8 Å². The largest absolute Gasteiger partial charge is 0.449 e. The fraction of sp³-hybridized carbons (Fsp3) is 0.588. The topological polar surface area (TPSA) is 85.7 Å². The maximum absolute atomic E-state index is 13.1. The van der Waals surface area contributed by atoms with Gasteiger partial charge in [0.1, 0.15) is 11.9 Å². The average Bonchev–Trinajstić information content (AvgIpc) is 2.98. The molecule has 0 unspecified atom stereocenters. The van der Waals surface area contributed by atoms with Gasteiger partial charge in [-0.3, -0.25) is 0 Å². The number of imidazole rings is 1. The molecule has 2 rings (SSSR count). The molecule has 1 fully saturated rings. The highest BCUT2D eigenvalue weighted by Gasteiger charge is 2.23. The number of aryl methyl sites for hydroxylation is 1. The molecule has 1 aromatic heterocycles. The van der Waals surface area contributed by atoms with E-state index >= 15 is 0 Å². The van der Waals surface area contributed by atoms with Gasteiger partial charge in [0.2, 0.25) is 0 Å². The summed E-state index contributed by atoms with van der Waals surface area (Å²) in [5, 5.41) is 0. The summed E-state index contributed by atoms with van der Waals surface area (Å²) in [5.41, 5.74) is 6.68. The van der Waals surface area contributed by atoms with E-state index in [9.17, 15) is 9.18 Å². The van der Waals surface area contributed by atoms with Crippen LogP contribution in [0.15, 0.2) is 17.9 Å². The predicted molar refractivity (Wildman–Crippen MR) is 95.6 cm³/mol. The molecule has 2 heterocycles. The molecule has 0 aromatic carbocycles. The number of aliphatic imine (C=N–C) groups is 1. The van der Waals surface area contributed by atoms with Crippen LogP contribution in [0.25, 0.3) is 5.70 Å². The quantitative estimate of drug-likeness (QED) is 0.604. The van der Waals surface area contributed by atoms with Crippen molar-refractivity contribution in [3.8, 4) is 0 Å². The van der Waals surface area contributed by atoms with Crippen LogP contribution in [-0.2, 0) is 11.3 Å². The van der Waals surface area contributed by atoms with Crippen molar-refractivity contribution < 1.29 is 13.9 Å². The van der Waals surface area contributed by atoms with Crippen LogP contribution in [-0.4, -0.2) is 52.6 Å². The maximum atomic E-state index is 13.1. The first-order valence-electron chi connectivity index (χ1n) is 8.57. The summed E-state index contributed by atoms with van der Waals surface area (Å²) in [6, 6.07) is 0. The number of ether oxygens (including phenoxy) is 1. The molecule has 1 saturated heterocycles. The molecule has 1 aliphatic heterocycles. The molecule has 0 atom stereocenters. The third-order valence-corrected chi connectivity index (χ3v) is 4.07. The van der Waals surface area contributed by atoms with Crippen molar-refractivity contribution in [1.29, 1.82) is 0 Å². The van der Waals surface area contributed by atoms with Crippen molar-refractivity contribution in [2.75, 3.05) is 19.7 Å². The van der Waals surface area contributed by atoms with Crippen LogP contribution >= 0.6 is 0 Å². The second-order valence-corrected chi connectivity index (χ2v) is 6.01. The number of carbonyl (C=O) groups excluding carboxylic acids is 1. The Morgan fingerprint density at radius 2 is 2.24 bits per heavy atom. The van der Waals surface area contributed by atoms with Gasteiger partial charge in [-0.1, -0.05) is 6.58 Å². The zero-order valence-electron chi connectivity index (χ0n) is 14.7. The van der Waals surface area contributed by atoms with Gasteiger partial charge < -0.3 is 19.9 Å². The summed E-state index contributed by atoms with van der Waals surface area (Å²) in [5.74, 6) is 0.682. The van der Waals surface area contributed by atoms with E-state index in [0.717, 1.165) is 12.8 Å². The lowest BCUT2D eigenvalue weighted by atomic mass is 10.1. The molecule has 1 aliphatic rings. The summed E-state index contributed by atoms with van der Waals surface area (Å²) < 4.78 is 20.2. The number of halogens is 1. The van der Waals surface area contributed by atoms with Crippen LogP contribution in [0.5, 0.6) is 0 Å². The minimum atomic E-state index is -0.798. The third-order valence-electron chi connectivity index (χ3n) is 4.07. The Balaban J connectivity index is 1.73. The fourth-order valence-corrected chi connectivity index (χ4v) is 2.69. The van der Waals surface area contributed by atoms with Crippen LogP contribution < -0.4 is 5.73 Å². The number of alkyl halides is 1. The zero-order valence-corrected chi connectivity index (χ0v) is 14.7. The third kappa shape index (κ3) is 5.30. The predicted octanol–water partition coefficient (Wildman–Crippen LogP) is 2.89. The van der Waals surface area contributed by atoms with Crippen molar-refractivity contribution in [1.82, 2.24) is 14.5 Å². The number of unbranched alkanes of at least 4 members (excludes halogenated alkanes) is 1. The Hall–Kier alpha value is -2.38. The molecule has 8 heteroatoms. The van der Waals surface area contributed by atoms with Gasteiger partial charge in [0.25, 0.3) is 0 Å². The number of hydrogen-bond acceptors (Lipinski definition) is 5. The van der Waals surface area contributed by atoms with E-state index in [1.807, 2.05) is 11.5 Å². The molecule has 7 nitrogen and oxygen atoms in total. The van der Waals surface area contributed by atoms with Gasteiger partial charge in [0.05, 0.1) is 18.6 Å². The molecule has 0 bridgehead atoms. The normalized spacial score (nSPS) is 15.7. The number of hydrogen-bond donors (Lipinski definition) is 1. The molecule has 138 valence electrons. The molecular weight excluding hydrogens is 325 g/mol. The summed E-state index contributed by atoms with van der Waals surface area (Å²) in [4.78, 5) is 22.0. The van der Waals surface area contributed by atoms with E-state index in [-0.39, 0.29) is 6.09 Å². The number of likely N-dealkylation sites (tertiary alicyclic amines) is 1. The highest BCUT2D eigenvalue weighted by Crippen LogP contribution is 2.22. The van der Waals surface area contributed by atoms with Crippen molar-refractivity contribution in [3.05, 3.63) is 18.6 Å². The number of amides is 1. The number of nitrogens with zero attached hydrogens (tertiary/aromatic N) is 4. The molecule has 1 aromatic rings. The molecule has 0 aliphatic carbocycles. The van der Waals surface area contributed by atoms with Gasteiger partial charge in [-0.15, -0.1) is 0 Å². The lowest BCUT2D eigenvalue weighted by Gasteiger charge is -2.27. The average molecular weight is 351 g/mol. The van der Waals surface area contributed by atoms with E-state index in [2.05, 4.69) is 16.6 Å². The molecule has 1 amide bonds. The van der Waals surface area contributed by atoms with Gasteiger partial charge in [-0.2, -0.15) is 0 Å². The second kappa shape index (κ2) is 9.19. The minimum absolute atomic E-state index is 0.339. The van der Waals surface area contributed by atoms with E-state index in [1.165, 1.54) is 0 Å². The number of nitrogens with two attached hydrogens (primary N) is 1. The maximum Gasteiger partial charge on any atom is 0.409 e. The first kappa shape index (κ1) is 19.0. The molecule has 0 saturated carbocycles. The van der Waals surface area contributed by atoms with Crippen LogP contribution in [0.3, 0.4) is 0 Å². The lowest BCUT2D eigenvalue weighted by molar-refractivity contribution is 0.0808. The molecular formula is C17H26FN5O2. The number of carbonyl (C=O) groups is 1. The van der Waals surface area contributed by atoms with Crippen molar-refractivity contribution >= 4 is 23.8 Å². The van der Waals surface area contributed by atoms with E-state index in [1.54, 1.807) is 17.4 Å². The van der Waals surface area contributed by atoms with Crippen LogP contribution in [0.4, 0.5) is 15.0 Å². The molecule has 0 radical (unpaired) electrons. The zero-order chi connectivity index (χ0) is 18.2. The lowest BCUT2D eigenvalue weighted by Crippen LogP contribution is -2.39.